The summed E-state index contributed by atoms with van der Waals surface area (Å²) in [6.45, 7) is 0. The Morgan fingerprint density at radius 1 is 0.714 bits per heavy atom. The SMILES string of the molecule is Oc1ccc(-c2nc(-c3c(Cl)ccc(O)c3Cl)[nH]c2-c2ccc(O)cc2)cc1. The van der Waals surface area contributed by atoms with Crippen LogP contribution < -0.4 is 0 Å². The van der Waals surface area contributed by atoms with Crippen LogP contribution in [0.15, 0.2) is 60.7 Å². The van der Waals surface area contributed by atoms with Crippen molar-refractivity contribution in [3.63, 3.8) is 0 Å². The molecular formula is C21H14Cl2N2O3. The van der Waals surface area contributed by atoms with E-state index < -0.39 is 0 Å². The Kier molecular flexibility index (Phi) is 4.63. The van der Waals surface area contributed by atoms with E-state index in [1.54, 1.807) is 54.6 Å². The van der Waals surface area contributed by atoms with Crippen LogP contribution in [0, 0.1) is 0 Å². The second-order valence-corrected chi connectivity index (χ2v) is 6.94. The normalized spacial score (nSPS) is 10.9. The van der Waals surface area contributed by atoms with Gasteiger partial charge in [0.1, 0.15) is 23.1 Å². The monoisotopic (exact) mass is 412 g/mol. The number of halogens is 2. The molecule has 140 valence electrons. The third-order valence-corrected chi connectivity index (χ3v) is 5.01. The Morgan fingerprint density at radius 3 is 1.89 bits per heavy atom. The zero-order chi connectivity index (χ0) is 19.8. The summed E-state index contributed by atoms with van der Waals surface area (Å²) in [7, 11) is 0. The van der Waals surface area contributed by atoms with Gasteiger partial charge in [0.15, 0.2) is 0 Å². The lowest BCUT2D eigenvalue weighted by molar-refractivity contribution is 0.475. The molecule has 0 amide bonds. The van der Waals surface area contributed by atoms with Gasteiger partial charge < -0.3 is 20.3 Å². The van der Waals surface area contributed by atoms with Crippen LogP contribution in [-0.2, 0) is 0 Å². The minimum atomic E-state index is -0.102. The summed E-state index contributed by atoms with van der Waals surface area (Å²) in [5.74, 6) is 0.574. The molecule has 0 aliphatic rings. The van der Waals surface area contributed by atoms with Crippen LogP contribution in [0.5, 0.6) is 17.2 Å². The van der Waals surface area contributed by atoms with E-state index in [4.69, 9.17) is 23.2 Å². The molecule has 0 aliphatic carbocycles. The first-order valence-electron chi connectivity index (χ1n) is 8.30. The molecule has 0 saturated heterocycles. The molecule has 5 nitrogen and oxygen atoms in total. The largest absolute Gasteiger partial charge is 0.508 e. The van der Waals surface area contributed by atoms with E-state index in [1.807, 2.05) is 0 Å². The Balaban J connectivity index is 1.96. The van der Waals surface area contributed by atoms with E-state index in [0.29, 0.717) is 27.8 Å². The standard InChI is InChI=1S/C21H14Cl2N2O3/c22-15-9-10-16(28)18(23)17(15)21-24-19(11-1-5-13(26)6-2-11)20(25-21)12-3-7-14(27)8-4-12/h1-10,26-28H,(H,24,25). The van der Waals surface area contributed by atoms with Crippen molar-refractivity contribution in [2.45, 2.75) is 0 Å². The lowest BCUT2D eigenvalue weighted by Gasteiger charge is -2.05. The van der Waals surface area contributed by atoms with Crippen molar-refractivity contribution in [1.82, 2.24) is 9.97 Å². The second-order valence-electron chi connectivity index (χ2n) is 6.16. The Labute approximate surface area is 170 Å². The summed E-state index contributed by atoms with van der Waals surface area (Å²) >= 11 is 12.6. The van der Waals surface area contributed by atoms with Crippen LogP contribution in [0.2, 0.25) is 10.0 Å². The highest BCUT2D eigenvalue weighted by Gasteiger charge is 2.20. The zero-order valence-electron chi connectivity index (χ0n) is 14.3. The second kappa shape index (κ2) is 7.11. The summed E-state index contributed by atoms with van der Waals surface area (Å²) < 4.78 is 0. The van der Waals surface area contributed by atoms with Crippen molar-refractivity contribution in [2.24, 2.45) is 0 Å². The molecule has 1 aromatic heterocycles. The van der Waals surface area contributed by atoms with E-state index in [-0.39, 0.29) is 22.3 Å². The fourth-order valence-corrected chi connectivity index (χ4v) is 3.47. The van der Waals surface area contributed by atoms with Crippen LogP contribution >= 0.6 is 23.2 Å². The third kappa shape index (κ3) is 3.26. The van der Waals surface area contributed by atoms with Crippen molar-refractivity contribution >= 4 is 23.2 Å². The summed E-state index contributed by atoms with van der Waals surface area (Å²) in [4.78, 5) is 7.88. The fourth-order valence-electron chi connectivity index (χ4n) is 2.92. The third-order valence-electron chi connectivity index (χ3n) is 4.31. The van der Waals surface area contributed by atoms with Crippen molar-refractivity contribution < 1.29 is 15.3 Å². The topological polar surface area (TPSA) is 89.4 Å². The number of nitrogens with one attached hydrogen (secondary N) is 1. The lowest BCUT2D eigenvalue weighted by Crippen LogP contribution is -1.85. The fraction of sp³-hybridized carbons (Fsp3) is 0. The van der Waals surface area contributed by atoms with Gasteiger partial charge in [-0.3, -0.25) is 0 Å². The number of aromatic hydroxyl groups is 3. The number of imidazole rings is 1. The van der Waals surface area contributed by atoms with Crippen LogP contribution in [0.25, 0.3) is 33.9 Å². The molecule has 4 N–H and O–H groups in total. The molecule has 4 aromatic rings. The van der Waals surface area contributed by atoms with Crippen LogP contribution in [-0.4, -0.2) is 25.3 Å². The van der Waals surface area contributed by atoms with Gasteiger partial charge in [-0.05, 0) is 60.7 Å². The van der Waals surface area contributed by atoms with Gasteiger partial charge in [0.25, 0.3) is 0 Å². The van der Waals surface area contributed by atoms with Crippen molar-refractivity contribution in [1.29, 1.82) is 0 Å². The highest BCUT2D eigenvalue weighted by Crippen LogP contribution is 2.41. The first-order valence-corrected chi connectivity index (χ1v) is 9.06. The average Bonchev–Trinajstić information content (AvgIpc) is 3.11. The number of aromatic nitrogens is 2. The number of nitrogens with zero attached hydrogens (tertiary/aromatic N) is 1. The van der Waals surface area contributed by atoms with Crippen LogP contribution in [0.1, 0.15) is 0 Å². The van der Waals surface area contributed by atoms with E-state index in [9.17, 15) is 15.3 Å². The first-order chi connectivity index (χ1) is 13.4. The quantitative estimate of drug-likeness (QED) is 0.340. The smallest absolute Gasteiger partial charge is 0.141 e. The molecule has 0 aliphatic heterocycles. The number of aromatic amines is 1. The molecule has 0 saturated carbocycles. The molecule has 7 heteroatoms. The van der Waals surface area contributed by atoms with Gasteiger partial charge in [0.2, 0.25) is 0 Å². The predicted octanol–water partition coefficient (Wildman–Crippen LogP) is 5.83. The number of benzene rings is 3. The predicted molar refractivity (Wildman–Crippen MR) is 110 cm³/mol. The van der Waals surface area contributed by atoms with Gasteiger partial charge >= 0.3 is 0 Å². The maximum absolute atomic E-state index is 9.97. The number of hydrogen-bond acceptors (Lipinski definition) is 4. The van der Waals surface area contributed by atoms with Gasteiger partial charge in [-0.25, -0.2) is 4.98 Å². The summed E-state index contributed by atoms with van der Waals surface area (Å²) in [6, 6.07) is 16.2. The number of phenols is 3. The zero-order valence-corrected chi connectivity index (χ0v) is 15.8. The van der Waals surface area contributed by atoms with Crippen molar-refractivity contribution in [2.75, 3.05) is 0 Å². The minimum Gasteiger partial charge on any atom is -0.508 e. The number of phenolic OH excluding ortho intramolecular Hbond substituents is 3. The maximum atomic E-state index is 9.97. The molecule has 28 heavy (non-hydrogen) atoms. The van der Waals surface area contributed by atoms with Gasteiger partial charge in [0.05, 0.1) is 27.0 Å². The molecule has 0 unspecified atom stereocenters. The maximum Gasteiger partial charge on any atom is 0.141 e. The van der Waals surface area contributed by atoms with E-state index in [1.165, 1.54) is 6.07 Å². The van der Waals surface area contributed by atoms with E-state index >= 15 is 0 Å². The molecule has 0 atom stereocenters. The summed E-state index contributed by atoms with van der Waals surface area (Å²) in [6.07, 6.45) is 0. The first kappa shape index (κ1) is 18.2. The molecule has 3 aromatic carbocycles. The van der Waals surface area contributed by atoms with Gasteiger partial charge in [-0.2, -0.15) is 0 Å². The molecule has 0 spiro atoms. The summed E-state index contributed by atoms with van der Waals surface area (Å²) in [5.41, 5.74) is 3.21. The lowest BCUT2D eigenvalue weighted by atomic mass is 10.0. The Morgan fingerprint density at radius 2 is 1.29 bits per heavy atom. The van der Waals surface area contributed by atoms with E-state index in [0.717, 1.165) is 11.1 Å². The average molecular weight is 413 g/mol. The molecule has 1 heterocycles. The van der Waals surface area contributed by atoms with Crippen molar-refractivity contribution in [3.8, 4) is 51.2 Å². The Bertz CT molecular complexity index is 1090. The number of H-pyrrole nitrogens is 1. The highest BCUT2D eigenvalue weighted by atomic mass is 35.5. The molecule has 0 bridgehead atoms. The van der Waals surface area contributed by atoms with Crippen LogP contribution in [0.3, 0.4) is 0 Å². The summed E-state index contributed by atoms with van der Waals surface area (Å²) in [5, 5.41) is 29.6. The number of rotatable bonds is 3. The van der Waals surface area contributed by atoms with E-state index in [2.05, 4.69) is 9.97 Å². The Hall–Kier alpha value is -3.15. The molecular weight excluding hydrogens is 399 g/mol. The molecule has 4 rings (SSSR count). The van der Waals surface area contributed by atoms with Gasteiger partial charge in [-0.1, -0.05) is 23.2 Å². The molecule has 0 radical (unpaired) electrons. The van der Waals surface area contributed by atoms with Crippen molar-refractivity contribution in [3.05, 3.63) is 70.7 Å². The molecule has 0 fully saturated rings. The van der Waals surface area contributed by atoms with Gasteiger partial charge in [0, 0.05) is 11.1 Å². The van der Waals surface area contributed by atoms with Crippen LogP contribution in [0.4, 0.5) is 0 Å². The number of hydrogen-bond donors (Lipinski definition) is 4. The van der Waals surface area contributed by atoms with Gasteiger partial charge in [-0.15, -0.1) is 0 Å². The minimum absolute atomic E-state index is 0.0933. The highest BCUT2D eigenvalue weighted by molar-refractivity contribution is 6.39.